The minimum atomic E-state index is -0.729. The molecule has 1 amide bonds. The van der Waals surface area contributed by atoms with E-state index in [2.05, 4.69) is 5.43 Å². The van der Waals surface area contributed by atoms with Crippen LogP contribution in [0.15, 0.2) is 24.3 Å². The van der Waals surface area contributed by atoms with Crippen molar-refractivity contribution >= 4 is 17.6 Å². The number of ether oxygens (including phenoxy) is 1. The molecule has 0 saturated heterocycles. The Labute approximate surface area is 130 Å². The number of hydrogen-bond acceptors (Lipinski definition) is 5. The van der Waals surface area contributed by atoms with Gasteiger partial charge in [0.05, 0.1) is 11.7 Å². The summed E-state index contributed by atoms with van der Waals surface area (Å²) in [6.45, 7) is 6.99. The number of rotatable bonds is 2. The first-order chi connectivity index (χ1) is 10.2. The van der Waals surface area contributed by atoms with E-state index in [-0.39, 0.29) is 5.91 Å². The largest absolute Gasteiger partial charge is 0.458 e. The Morgan fingerprint density at radius 3 is 2.59 bits per heavy atom. The summed E-state index contributed by atoms with van der Waals surface area (Å²) in [5, 5.41) is 1.29. The zero-order chi connectivity index (χ0) is 16.5. The number of nitrogens with one attached hydrogen (secondary N) is 1. The zero-order valence-electron chi connectivity index (χ0n) is 13.4. The number of benzene rings is 1. The molecule has 0 aromatic heterocycles. The van der Waals surface area contributed by atoms with Crippen LogP contribution in [-0.2, 0) is 20.7 Å². The molecule has 2 rings (SSSR count). The normalized spacial score (nSPS) is 19.0. The van der Waals surface area contributed by atoms with Gasteiger partial charge in [0.15, 0.2) is 6.04 Å². The highest BCUT2D eigenvalue weighted by Gasteiger charge is 2.38. The summed E-state index contributed by atoms with van der Waals surface area (Å²) in [5.74, 6) is -0.783. The van der Waals surface area contributed by atoms with Crippen molar-refractivity contribution in [1.29, 1.82) is 0 Å². The molecule has 1 aliphatic rings. The lowest BCUT2D eigenvalue weighted by Crippen LogP contribution is -2.57. The summed E-state index contributed by atoms with van der Waals surface area (Å²) in [6.07, 6.45) is 0.399. The smallest absolute Gasteiger partial charge is 0.331 e. The molecule has 1 unspecified atom stereocenters. The van der Waals surface area contributed by atoms with Gasteiger partial charge in [-0.15, -0.1) is 0 Å². The lowest BCUT2D eigenvalue weighted by atomic mass is 10.0. The van der Waals surface area contributed by atoms with Gasteiger partial charge in [-0.2, -0.15) is 0 Å². The molecule has 22 heavy (non-hydrogen) atoms. The second kappa shape index (κ2) is 5.96. The van der Waals surface area contributed by atoms with Crippen LogP contribution in [-0.4, -0.2) is 34.6 Å². The minimum absolute atomic E-state index is 0.342. The fraction of sp³-hybridized carbons (Fsp3) is 0.500. The molecule has 6 heteroatoms. The second-order valence-electron chi connectivity index (χ2n) is 6.52. The Bertz CT molecular complexity index is 578. The molecule has 1 aromatic rings. The van der Waals surface area contributed by atoms with Gasteiger partial charge in [-0.1, -0.05) is 18.2 Å². The zero-order valence-corrected chi connectivity index (χ0v) is 13.4. The van der Waals surface area contributed by atoms with E-state index in [4.69, 9.17) is 10.5 Å². The van der Waals surface area contributed by atoms with Crippen molar-refractivity contribution in [3.63, 3.8) is 0 Å². The maximum Gasteiger partial charge on any atom is 0.331 e. The van der Waals surface area contributed by atoms with E-state index in [0.29, 0.717) is 6.42 Å². The topological polar surface area (TPSA) is 84.7 Å². The standard InChI is InChI=1S/C16H23N3O3/c1-10(17)14(20)19-13(15(21)22-16(2,3)4)9-11-7-5-6-8-12(11)18-19/h5-8,10,13,18H,9,17H2,1-4H3/t10-,13?/m1/s1. The van der Waals surface area contributed by atoms with Crippen LogP contribution in [0.4, 0.5) is 5.69 Å². The number of carbonyl (C=O) groups excluding carboxylic acids is 2. The van der Waals surface area contributed by atoms with Crippen LogP contribution in [0.5, 0.6) is 0 Å². The third-order valence-electron chi connectivity index (χ3n) is 3.29. The molecule has 1 aliphatic heterocycles. The van der Waals surface area contributed by atoms with E-state index < -0.39 is 23.7 Å². The van der Waals surface area contributed by atoms with E-state index in [9.17, 15) is 9.59 Å². The first kappa shape index (κ1) is 16.3. The lowest BCUT2D eigenvalue weighted by Gasteiger charge is -2.38. The van der Waals surface area contributed by atoms with Crippen LogP contribution in [0.3, 0.4) is 0 Å². The predicted octanol–water partition coefficient (Wildman–Crippen LogP) is 1.46. The number of hydrogen-bond donors (Lipinski definition) is 2. The maximum atomic E-state index is 12.5. The van der Waals surface area contributed by atoms with Gasteiger partial charge in [-0.3, -0.25) is 10.2 Å². The molecule has 6 nitrogen and oxygen atoms in total. The van der Waals surface area contributed by atoms with Crippen molar-refractivity contribution < 1.29 is 14.3 Å². The molecule has 0 radical (unpaired) electrons. The molecule has 1 heterocycles. The van der Waals surface area contributed by atoms with E-state index >= 15 is 0 Å². The predicted molar refractivity (Wildman–Crippen MR) is 83.9 cm³/mol. The van der Waals surface area contributed by atoms with Crippen LogP contribution in [0.2, 0.25) is 0 Å². The fourth-order valence-electron chi connectivity index (χ4n) is 2.30. The Balaban J connectivity index is 2.31. The molecule has 0 bridgehead atoms. The van der Waals surface area contributed by atoms with Crippen molar-refractivity contribution in [2.45, 2.75) is 51.8 Å². The first-order valence-corrected chi connectivity index (χ1v) is 7.35. The summed E-state index contributed by atoms with van der Waals surface area (Å²) in [7, 11) is 0. The van der Waals surface area contributed by atoms with Gasteiger partial charge >= 0.3 is 5.97 Å². The van der Waals surface area contributed by atoms with E-state index in [0.717, 1.165) is 11.3 Å². The average Bonchev–Trinajstić information content (AvgIpc) is 2.43. The highest BCUT2D eigenvalue weighted by molar-refractivity contribution is 5.89. The monoisotopic (exact) mass is 305 g/mol. The van der Waals surface area contributed by atoms with E-state index in [1.165, 1.54) is 5.01 Å². The van der Waals surface area contributed by atoms with Crippen molar-refractivity contribution in [1.82, 2.24) is 5.01 Å². The Kier molecular flexibility index (Phi) is 4.42. The highest BCUT2D eigenvalue weighted by atomic mass is 16.6. The molecular formula is C16H23N3O3. The Morgan fingerprint density at radius 2 is 2.00 bits per heavy atom. The van der Waals surface area contributed by atoms with Gasteiger partial charge in [0.25, 0.3) is 5.91 Å². The summed E-state index contributed by atoms with van der Waals surface area (Å²) in [5.41, 5.74) is 9.84. The van der Waals surface area contributed by atoms with Gasteiger partial charge in [0, 0.05) is 6.42 Å². The molecule has 0 fully saturated rings. The van der Waals surface area contributed by atoms with Gasteiger partial charge in [0.2, 0.25) is 0 Å². The van der Waals surface area contributed by atoms with Crippen LogP contribution < -0.4 is 11.2 Å². The van der Waals surface area contributed by atoms with Crippen molar-refractivity contribution in [3.8, 4) is 0 Å². The summed E-state index contributed by atoms with van der Waals surface area (Å²) >= 11 is 0. The maximum absolute atomic E-state index is 12.5. The van der Waals surface area contributed by atoms with Crippen LogP contribution in [0.25, 0.3) is 0 Å². The molecular weight excluding hydrogens is 282 g/mol. The van der Waals surface area contributed by atoms with Gasteiger partial charge < -0.3 is 10.5 Å². The van der Waals surface area contributed by atoms with Gasteiger partial charge in [0.1, 0.15) is 5.60 Å². The number of esters is 1. The first-order valence-electron chi connectivity index (χ1n) is 7.35. The molecule has 120 valence electrons. The number of anilines is 1. The van der Waals surface area contributed by atoms with Crippen LogP contribution in [0, 0.1) is 0 Å². The van der Waals surface area contributed by atoms with Gasteiger partial charge in [-0.25, -0.2) is 9.80 Å². The molecule has 0 saturated carbocycles. The summed E-state index contributed by atoms with van der Waals surface area (Å²) < 4.78 is 5.44. The number of hydrazine groups is 1. The Morgan fingerprint density at radius 1 is 1.36 bits per heavy atom. The quantitative estimate of drug-likeness (QED) is 0.808. The minimum Gasteiger partial charge on any atom is -0.458 e. The number of nitrogens with two attached hydrogens (primary N) is 1. The number of para-hydroxylation sites is 1. The lowest BCUT2D eigenvalue weighted by molar-refractivity contribution is -0.164. The van der Waals surface area contributed by atoms with E-state index in [1.54, 1.807) is 27.7 Å². The van der Waals surface area contributed by atoms with Crippen LogP contribution >= 0.6 is 0 Å². The summed E-state index contributed by atoms with van der Waals surface area (Å²) in [4.78, 5) is 24.8. The van der Waals surface area contributed by atoms with E-state index in [1.807, 2.05) is 24.3 Å². The number of nitrogens with zero attached hydrogens (tertiary/aromatic N) is 1. The molecule has 0 aliphatic carbocycles. The number of fused-ring (bicyclic) bond motifs is 1. The number of carbonyl (C=O) groups is 2. The molecule has 0 spiro atoms. The average molecular weight is 305 g/mol. The van der Waals surface area contributed by atoms with Crippen molar-refractivity contribution in [3.05, 3.63) is 29.8 Å². The highest BCUT2D eigenvalue weighted by Crippen LogP contribution is 2.27. The third kappa shape index (κ3) is 3.57. The molecule has 2 atom stereocenters. The van der Waals surface area contributed by atoms with Gasteiger partial charge in [-0.05, 0) is 39.3 Å². The Hall–Kier alpha value is -2.08. The van der Waals surface area contributed by atoms with Crippen LogP contribution in [0.1, 0.15) is 33.3 Å². The van der Waals surface area contributed by atoms with Crippen molar-refractivity contribution in [2.24, 2.45) is 5.73 Å². The SMILES string of the molecule is C[C@@H](N)C(=O)N1Nc2ccccc2CC1C(=O)OC(C)(C)C. The molecule has 1 aromatic carbocycles. The molecule has 3 N–H and O–H groups in total. The fourth-order valence-corrected chi connectivity index (χ4v) is 2.30. The third-order valence-corrected chi connectivity index (χ3v) is 3.29. The summed E-state index contributed by atoms with van der Waals surface area (Å²) in [6, 6.07) is 6.12. The van der Waals surface area contributed by atoms with Crippen molar-refractivity contribution in [2.75, 3.05) is 5.43 Å². The second-order valence-corrected chi connectivity index (χ2v) is 6.52. The number of amides is 1.